The molecular formula is C12H13N5O3. The van der Waals surface area contributed by atoms with E-state index in [1.807, 2.05) is 0 Å². The number of carbonyl (C=O) groups is 2. The monoisotopic (exact) mass is 275 g/mol. The van der Waals surface area contributed by atoms with Crippen LogP contribution in [0.2, 0.25) is 0 Å². The van der Waals surface area contributed by atoms with E-state index in [4.69, 9.17) is 10.8 Å². The Morgan fingerprint density at radius 3 is 2.80 bits per heavy atom. The Kier molecular flexibility index (Phi) is 4.06. The van der Waals surface area contributed by atoms with Gasteiger partial charge in [-0.15, -0.1) is 5.10 Å². The van der Waals surface area contributed by atoms with E-state index < -0.39 is 24.3 Å². The number of para-hydroxylation sites is 2. The minimum Gasteiger partial charge on any atom is -0.481 e. The number of carboxylic acids is 1. The van der Waals surface area contributed by atoms with Crippen molar-refractivity contribution in [3.8, 4) is 5.69 Å². The molecule has 0 bridgehead atoms. The van der Waals surface area contributed by atoms with Crippen LogP contribution in [-0.4, -0.2) is 38.0 Å². The van der Waals surface area contributed by atoms with Gasteiger partial charge in [-0.3, -0.25) is 9.59 Å². The molecule has 104 valence electrons. The molecule has 0 aliphatic carbocycles. The highest BCUT2D eigenvalue weighted by atomic mass is 16.4. The molecule has 1 atom stereocenters. The minimum atomic E-state index is -1.13. The van der Waals surface area contributed by atoms with Crippen molar-refractivity contribution in [1.82, 2.24) is 15.0 Å². The third-order valence-electron chi connectivity index (χ3n) is 2.56. The summed E-state index contributed by atoms with van der Waals surface area (Å²) in [6.45, 7) is 0. The fourth-order valence-electron chi connectivity index (χ4n) is 1.62. The maximum Gasteiger partial charge on any atom is 0.305 e. The zero-order chi connectivity index (χ0) is 14.5. The Labute approximate surface area is 114 Å². The van der Waals surface area contributed by atoms with Crippen LogP contribution in [0.25, 0.3) is 5.69 Å². The Bertz CT molecular complexity index is 611. The van der Waals surface area contributed by atoms with Gasteiger partial charge in [0, 0.05) is 0 Å². The topological polar surface area (TPSA) is 123 Å². The number of anilines is 1. The fraction of sp³-hybridized carbons (Fsp3) is 0.167. The van der Waals surface area contributed by atoms with E-state index in [0.29, 0.717) is 11.4 Å². The van der Waals surface area contributed by atoms with E-state index in [0.717, 1.165) is 0 Å². The number of rotatable bonds is 5. The van der Waals surface area contributed by atoms with E-state index in [1.54, 1.807) is 30.5 Å². The lowest BCUT2D eigenvalue weighted by Gasteiger charge is -2.13. The molecule has 0 aliphatic heterocycles. The van der Waals surface area contributed by atoms with Crippen LogP contribution in [0.3, 0.4) is 0 Å². The zero-order valence-electron chi connectivity index (χ0n) is 10.4. The second-order valence-corrected chi connectivity index (χ2v) is 4.06. The molecule has 1 aromatic carbocycles. The number of hydrogen-bond donors (Lipinski definition) is 3. The van der Waals surface area contributed by atoms with E-state index in [2.05, 4.69) is 15.6 Å². The van der Waals surface area contributed by atoms with Gasteiger partial charge in [-0.25, -0.2) is 4.68 Å². The number of nitrogens with two attached hydrogens (primary N) is 1. The van der Waals surface area contributed by atoms with Gasteiger partial charge in [-0.05, 0) is 12.1 Å². The smallest absolute Gasteiger partial charge is 0.305 e. The molecule has 20 heavy (non-hydrogen) atoms. The summed E-state index contributed by atoms with van der Waals surface area (Å²) in [5, 5.41) is 18.7. The number of aromatic nitrogens is 3. The Balaban J connectivity index is 2.18. The third-order valence-corrected chi connectivity index (χ3v) is 2.56. The summed E-state index contributed by atoms with van der Waals surface area (Å²) in [7, 11) is 0. The van der Waals surface area contributed by atoms with Crippen molar-refractivity contribution in [2.75, 3.05) is 5.32 Å². The Morgan fingerprint density at radius 1 is 1.40 bits per heavy atom. The lowest BCUT2D eigenvalue weighted by atomic mass is 10.2. The van der Waals surface area contributed by atoms with Gasteiger partial charge in [0.1, 0.15) is 0 Å². The first-order valence-corrected chi connectivity index (χ1v) is 5.82. The van der Waals surface area contributed by atoms with Gasteiger partial charge in [-0.2, -0.15) is 0 Å². The van der Waals surface area contributed by atoms with Gasteiger partial charge in [-0.1, -0.05) is 17.3 Å². The van der Waals surface area contributed by atoms with Crippen LogP contribution in [0.1, 0.15) is 6.42 Å². The molecule has 8 heteroatoms. The maximum atomic E-state index is 11.8. The third kappa shape index (κ3) is 3.18. The van der Waals surface area contributed by atoms with E-state index in [-0.39, 0.29) is 0 Å². The number of amides is 1. The van der Waals surface area contributed by atoms with Crippen LogP contribution >= 0.6 is 0 Å². The van der Waals surface area contributed by atoms with Gasteiger partial charge in [0.05, 0.1) is 36.2 Å². The molecule has 1 amide bonds. The van der Waals surface area contributed by atoms with Crippen molar-refractivity contribution >= 4 is 17.6 Å². The average molecular weight is 275 g/mol. The second kappa shape index (κ2) is 5.93. The first-order valence-electron chi connectivity index (χ1n) is 5.82. The highest BCUT2D eigenvalue weighted by Gasteiger charge is 2.18. The van der Waals surface area contributed by atoms with Crippen LogP contribution in [0, 0.1) is 0 Å². The van der Waals surface area contributed by atoms with Crippen molar-refractivity contribution in [1.29, 1.82) is 0 Å². The second-order valence-electron chi connectivity index (χ2n) is 4.06. The highest BCUT2D eigenvalue weighted by molar-refractivity contribution is 5.98. The molecule has 8 nitrogen and oxygen atoms in total. The van der Waals surface area contributed by atoms with Crippen molar-refractivity contribution in [2.45, 2.75) is 12.5 Å². The summed E-state index contributed by atoms with van der Waals surface area (Å²) < 4.78 is 1.48. The van der Waals surface area contributed by atoms with Crippen molar-refractivity contribution in [3.63, 3.8) is 0 Å². The van der Waals surface area contributed by atoms with Crippen LogP contribution in [0.5, 0.6) is 0 Å². The average Bonchev–Trinajstić information content (AvgIpc) is 2.92. The van der Waals surface area contributed by atoms with E-state index >= 15 is 0 Å². The number of carboxylic acid groups (broad SMARTS) is 1. The molecule has 0 aliphatic rings. The number of nitrogens with zero attached hydrogens (tertiary/aromatic N) is 3. The molecule has 1 heterocycles. The molecule has 1 aromatic heterocycles. The van der Waals surface area contributed by atoms with Gasteiger partial charge in [0.15, 0.2) is 0 Å². The van der Waals surface area contributed by atoms with Crippen molar-refractivity contribution < 1.29 is 14.7 Å². The predicted octanol–water partition coefficient (Wildman–Crippen LogP) is 0.00780. The molecule has 2 rings (SSSR count). The zero-order valence-corrected chi connectivity index (χ0v) is 10.4. The van der Waals surface area contributed by atoms with Gasteiger partial charge < -0.3 is 16.2 Å². The van der Waals surface area contributed by atoms with Crippen LogP contribution < -0.4 is 11.1 Å². The molecule has 0 fully saturated rings. The standard InChI is InChI=1S/C12H13N5O3/c13-8(7-11(18)19)12(20)15-9-3-1-2-4-10(9)17-6-5-14-16-17/h1-6,8H,7,13H2,(H,15,20)(H,18,19). The number of nitrogens with one attached hydrogen (secondary N) is 1. The molecular weight excluding hydrogens is 262 g/mol. The minimum absolute atomic E-state index is 0.433. The Morgan fingerprint density at radius 2 is 2.15 bits per heavy atom. The van der Waals surface area contributed by atoms with Crippen molar-refractivity contribution in [3.05, 3.63) is 36.7 Å². The van der Waals surface area contributed by atoms with E-state index in [9.17, 15) is 9.59 Å². The van der Waals surface area contributed by atoms with Crippen LogP contribution in [0.15, 0.2) is 36.7 Å². The largest absolute Gasteiger partial charge is 0.481 e. The molecule has 0 spiro atoms. The molecule has 0 saturated heterocycles. The quantitative estimate of drug-likeness (QED) is 0.706. The van der Waals surface area contributed by atoms with Crippen LogP contribution in [-0.2, 0) is 9.59 Å². The summed E-state index contributed by atoms with van der Waals surface area (Å²) in [4.78, 5) is 22.4. The summed E-state index contributed by atoms with van der Waals surface area (Å²) >= 11 is 0. The maximum absolute atomic E-state index is 11.8. The van der Waals surface area contributed by atoms with Crippen molar-refractivity contribution in [2.24, 2.45) is 5.73 Å². The Hall–Kier alpha value is -2.74. The SMILES string of the molecule is NC(CC(=O)O)C(=O)Nc1ccccc1-n1ccnn1. The van der Waals surface area contributed by atoms with E-state index in [1.165, 1.54) is 10.9 Å². The normalized spacial score (nSPS) is 11.8. The number of carbonyl (C=O) groups excluding carboxylic acids is 1. The predicted molar refractivity (Wildman–Crippen MR) is 70.2 cm³/mol. The molecule has 4 N–H and O–H groups in total. The number of benzene rings is 1. The molecule has 2 aromatic rings. The summed E-state index contributed by atoms with van der Waals surface area (Å²) in [6.07, 6.45) is 2.70. The molecule has 0 radical (unpaired) electrons. The first-order chi connectivity index (χ1) is 9.58. The number of aliphatic carboxylic acids is 1. The number of hydrogen-bond acceptors (Lipinski definition) is 5. The fourth-order valence-corrected chi connectivity index (χ4v) is 1.62. The molecule has 1 unspecified atom stereocenters. The molecule has 0 saturated carbocycles. The lowest BCUT2D eigenvalue weighted by Crippen LogP contribution is -2.37. The van der Waals surface area contributed by atoms with Gasteiger partial charge >= 0.3 is 5.97 Å². The summed E-state index contributed by atoms with van der Waals surface area (Å²) in [5.41, 5.74) is 6.59. The highest BCUT2D eigenvalue weighted by Crippen LogP contribution is 2.18. The van der Waals surface area contributed by atoms with Crippen LogP contribution in [0.4, 0.5) is 5.69 Å². The summed E-state index contributed by atoms with van der Waals surface area (Å²) in [6, 6.07) is 5.81. The summed E-state index contributed by atoms with van der Waals surface area (Å²) in [5.74, 6) is -1.70. The lowest BCUT2D eigenvalue weighted by molar-refractivity contribution is -0.138. The van der Waals surface area contributed by atoms with Gasteiger partial charge in [0.25, 0.3) is 0 Å². The first kappa shape index (κ1) is 13.7. The van der Waals surface area contributed by atoms with Gasteiger partial charge in [0.2, 0.25) is 5.91 Å².